The van der Waals surface area contributed by atoms with Crippen LogP contribution in [0, 0.1) is 17.2 Å². The van der Waals surface area contributed by atoms with Crippen LogP contribution < -0.4 is 11.1 Å². The summed E-state index contributed by atoms with van der Waals surface area (Å²) in [4.78, 5) is 22.4. The largest absolute Gasteiger partial charge is 0.368 e. The zero-order valence-corrected chi connectivity index (χ0v) is 8.53. The maximum Gasteiger partial charge on any atom is 0.240 e. The van der Waals surface area contributed by atoms with E-state index in [4.69, 9.17) is 11.0 Å². The van der Waals surface area contributed by atoms with Gasteiger partial charge in [0.25, 0.3) is 0 Å². The number of nitrogens with zero attached hydrogens (tertiary/aromatic N) is 1. The minimum absolute atomic E-state index is 0.0721. The van der Waals surface area contributed by atoms with E-state index in [-0.39, 0.29) is 11.8 Å². The second-order valence-electron chi connectivity index (χ2n) is 3.79. The molecule has 0 radical (unpaired) electrons. The number of amides is 2. The Kier molecular flexibility index (Phi) is 4.10. The molecular formula is C10H15N3O2. The summed E-state index contributed by atoms with van der Waals surface area (Å²) in [5, 5.41) is 11.0. The van der Waals surface area contributed by atoms with Crippen molar-refractivity contribution in [2.45, 2.75) is 38.1 Å². The van der Waals surface area contributed by atoms with E-state index >= 15 is 0 Å². The highest BCUT2D eigenvalue weighted by atomic mass is 16.2. The average Bonchev–Trinajstić information content (AvgIpc) is 2.99. The van der Waals surface area contributed by atoms with Crippen molar-refractivity contribution >= 4 is 11.8 Å². The van der Waals surface area contributed by atoms with Gasteiger partial charge in [-0.1, -0.05) is 0 Å². The molecule has 5 heteroatoms. The van der Waals surface area contributed by atoms with Gasteiger partial charge in [0.1, 0.15) is 6.04 Å². The van der Waals surface area contributed by atoms with E-state index in [1.807, 2.05) is 6.07 Å². The van der Waals surface area contributed by atoms with E-state index in [2.05, 4.69) is 5.32 Å². The summed E-state index contributed by atoms with van der Waals surface area (Å²) < 4.78 is 0. The average molecular weight is 209 g/mol. The smallest absolute Gasteiger partial charge is 0.240 e. The van der Waals surface area contributed by atoms with E-state index in [9.17, 15) is 9.59 Å². The SMILES string of the molecule is N#CCCC[C@H](NC(=O)C1CC1)C(N)=O. The second kappa shape index (κ2) is 5.35. The third-order valence-corrected chi connectivity index (χ3v) is 2.39. The first-order valence-electron chi connectivity index (χ1n) is 5.11. The first-order chi connectivity index (χ1) is 7.15. The van der Waals surface area contributed by atoms with E-state index < -0.39 is 11.9 Å². The zero-order chi connectivity index (χ0) is 11.3. The molecule has 1 atom stereocenters. The predicted molar refractivity (Wildman–Crippen MR) is 53.3 cm³/mol. The van der Waals surface area contributed by atoms with Gasteiger partial charge < -0.3 is 11.1 Å². The Morgan fingerprint density at radius 1 is 1.53 bits per heavy atom. The van der Waals surface area contributed by atoms with E-state index in [1.165, 1.54) is 0 Å². The molecule has 0 aromatic rings. The quantitative estimate of drug-likeness (QED) is 0.605. The molecule has 0 bridgehead atoms. The van der Waals surface area contributed by atoms with E-state index in [0.29, 0.717) is 19.3 Å². The van der Waals surface area contributed by atoms with Crippen LogP contribution in [-0.2, 0) is 9.59 Å². The first-order valence-corrected chi connectivity index (χ1v) is 5.11. The fourth-order valence-corrected chi connectivity index (χ4v) is 1.31. The molecule has 0 spiro atoms. The normalized spacial score (nSPS) is 16.5. The molecule has 82 valence electrons. The second-order valence-corrected chi connectivity index (χ2v) is 3.79. The molecule has 1 aliphatic carbocycles. The molecule has 0 unspecified atom stereocenters. The van der Waals surface area contributed by atoms with Crippen LogP contribution in [0.1, 0.15) is 32.1 Å². The van der Waals surface area contributed by atoms with E-state index in [1.54, 1.807) is 0 Å². The highest BCUT2D eigenvalue weighted by molar-refractivity contribution is 5.88. The van der Waals surface area contributed by atoms with Crippen LogP contribution in [0.2, 0.25) is 0 Å². The van der Waals surface area contributed by atoms with Crippen LogP contribution in [0.4, 0.5) is 0 Å². The standard InChI is InChI=1S/C10H15N3O2/c11-6-2-1-3-8(9(12)14)13-10(15)7-4-5-7/h7-8H,1-5H2,(H2,12,14)(H,13,15)/t8-/m0/s1. The lowest BCUT2D eigenvalue weighted by Crippen LogP contribution is -2.44. The number of carbonyl (C=O) groups excluding carboxylic acids is 2. The van der Waals surface area contributed by atoms with Crippen LogP contribution in [0.15, 0.2) is 0 Å². The van der Waals surface area contributed by atoms with Crippen LogP contribution in [0.3, 0.4) is 0 Å². The molecule has 0 heterocycles. The van der Waals surface area contributed by atoms with Crippen molar-refractivity contribution in [1.82, 2.24) is 5.32 Å². The Morgan fingerprint density at radius 2 is 2.20 bits per heavy atom. The van der Waals surface area contributed by atoms with Gasteiger partial charge in [-0.15, -0.1) is 0 Å². The summed E-state index contributed by atoms with van der Waals surface area (Å²) in [5.41, 5.74) is 5.15. The van der Waals surface area contributed by atoms with Crippen LogP contribution >= 0.6 is 0 Å². The van der Waals surface area contributed by atoms with Gasteiger partial charge in [-0.3, -0.25) is 9.59 Å². The molecule has 0 aromatic carbocycles. The third kappa shape index (κ3) is 3.98. The monoisotopic (exact) mass is 209 g/mol. The Bertz CT molecular complexity index is 292. The summed E-state index contributed by atoms with van der Waals surface area (Å²) in [6.45, 7) is 0. The highest BCUT2D eigenvalue weighted by Gasteiger charge is 2.31. The molecule has 15 heavy (non-hydrogen) atoms. The van der Waals surface area contributed by atoms with Gasteiger partial charge >= 0.3 is 0 Å². The highest BCUT2D eigenvalue weighted by Crippen LogP contribution is 2.28. The van der Waals surface area contributed by atoms with Crippen LogP contribution in [0.25, 0.3) is 0 Å². The van der Waals surface area contributed by atoms with Crippen molar-refractivity contribution in [2.75, 3.05) is 0 Å². The molecule has 3 N–H and O–H groups in total. The van der Waals surface area contributed by atoms with Crippen molar-refractivity contribution in [3.8, 4) is 6.07 Å². The van der Waals surface area contributed by atoms with Crippen molar-refractivity contribution in [2.24, 2.45) is 11.7 Å². The van der Waals surface area contributed by atoms with Gasteiger partial charge in [0.05, 0.1) is 6.07 Å². The summed E-state index contributed by atoms with van der Waals surface area (Å²) in [7, 11) is 0. The number of carbonyl (C=O) groups is 2. The van der Waals surface area contributed by atoms with Gasteiger partial charge in [0.2, 0.25) is 11.8 Å². The minimum Gasteiger partial charge on any atom is -0.368 e. The molecule has 0 aromatic heterocycles. The van der Waals surface area contributed by atoms with E-state index in [0.717, 1.165) is 12.8 Å². The molecule has 1 saturated carbocycles. The lowest BCUT2D eigenvalue weighted by atomic mass is 10.1. The molecule has 0 saturated heterocycles. The lowest BCUT2D eigenvalue weighted by molar-refractivity contribution is -0.128. The molecule has 5 nitrogen and oxygen atoms in total. The first kappa shape index (κ1) is 11.5. The molecule has 0 aliphatic heterocycles. The number of hydrogen-bond acceptors (Lipinski definition) is 3. The van der Waals surface area contributed by atoms with Gasteiger partial charge in [-0.05, 0) is 25.7 Å². The Balaban J connectivity index is 2.32. The minimum atomic E-state index is -0.619. The molecule has 1 aliphatic rings. The number of hydrogen-bond donors (Lipinski definition) is 2. The Labute approximate surface area is 88.6 Å². The number of nitrogens with two attached hydrogens (primary N) is 1. The van der Waals surface area contributed by atoms with Crippen molar-refractivity contribution < 1.29 is 9.59 Å². The Morgan fingerprint density at radius 3 is 2.67 bits per heavy atom. The van der Waals surface area contributed by atoms with Gasteiger partial charge in [-0.25, -0.2) is 0 Å². The number of nitriles is 1. The molecular weight excluding hydrogens is 194 g/mol. The predicted octanol–water partition coefficient (Wildman–Crippen LogP) is 0.0604. The fourth-order valence-electron chi connectivity index (χ4n) is 1.31. The van der Waals surface area contributed by atoms with Crippen molar-refractivity contribution in [3.05, 3.63) is 0 Å². The third-order valence-electron chi connectivity index (χ3n) is 2.39. The lowest BCUT2D eigenvalue weighted by Gasteiger charge is -2.14. The van der Waals surface area contributed by atoms with Crippen molar-refractivity contribution in [1.29, 1.82) is 5.26 Å². The topological polar surface area (TPSA) is 96.0 Å². The van der Waals surface area contributed by atoms with Crippen LogP contribution in [-0.4, -0.2) is 17.9 Å². The summed E-state index contributed by atoms with van der Waals surface area (Å²) in [6.07, 6.45) is 3.20. The summed E-state index contributed by atoms with van der Waals surface area (Å²) in [5.74, 6) is -0.541. The van der Waals surface area contributed by atoms with Gasteiger partial charge in [0.15, 0.2) is 0 Å². The number of rotatable bonds is 6. The zero-order valence-electron chi connectivity index (χ0n) is 8.53. The van der Waals surface area contributed by atoms with Crippen LogP contribution in [0.5, 0.6) is 0 Å². The van der Waals surface area contributed by atoms with Gasteiger partial charge in [0, 0.05) is 12.3 Å². The Hall–Kier alpha value is -1.57. The number of nitrogens with one attached hydrogen (secondary N) is 1. The molecule has 2 amide bonds. The number of primary amides is 1. The maximum atomic E-state index is 11.4. The summed E-state index contributed by atoms with van der Waals surface area (Å²) in [6, 6.07) is 1.37. The fraction of sp³-hybridized carbons (Fsp3) is 0.700. The van der Waals surface area contributed by atoms with Crippen molar-refractivity contribution in [3.63, 3.8) is 0 Å². The number of unbranched alkanes of at least 4 members (excludes halogenated alkanes) is 1. The molecule has 1 fully saturated rings. The maximum absolute atomic E-state index is 11.4. The summed E-state index contributed by atoms with van der Waals surface area (Å²) >= 11 is 0. The van der Waals surface area contributed by atoms with Gasteiger partial charge in [-0.2, -0.15) is 5.26 Å². The molecule has 1 rings (SSSR count).